The summed E-state index contributed by atoms with van der Waals surface area (Å²) in [5.74, 6) is 0.371. The van der Waals surface area contributed by atoms with Crippen LogP contribution in [0.5, 0.6) is 5.75 Å². The third-order valence-corrected chi connectivity index (χ3v) is 4.12. The molecule has 0 radical (unpaired) electrons. The zero-order chi connectivity index (χ0) is 17.0. The zero-order valence-corrected chi connectivity index (χ0v) is 13.4. The molecule has 1 aliphatic heterocycles. The Hall–Kier alpha value is -2.51. The first-order valence-electron chi connectivity index (χ1n) is 7.65. The smallest absolute Gasteiger partial charge is 0.326 e. The molecule has 2 aromatic rings. The number of nitrogens with one attached hydrogen (secondary N) is 1. The lowest BCUT2D eigenvalue weighted by atomic mass is 9.99. The quantitative estimate of drug-likeness (QED) is 0.829. The fraction of sp³-hybridized carbons (Fsp3) is 0.353. The SMILES string of the molecule is COc1ccccc1-c1ncc(CNC2(C(=O)O)CCOC2)cn1. The van der Waals surface area contributed by atoms with Crippen LogP contribution in [0.25, 0.3) is 11.4 Å². The van der Waals surface area contributed by atoms with Gasteiger partial charge in [0.15, 0.2) is 5.82 Å². The zero-order valence-electron chi connectivity index (χ0n) is 13.4. The number of benzene rings is 1. The molecule has 1 saturated heterocycles. The van der Waals surface area contributed by atoms with E-state index in [0.717, 1.165) is 11.1 Å². The number of nitrogens with zero attached hydrogens (tertiary/aromatic N) is 2. The molecule has 1 fully saturated rings. The number of aliphatic carboxylic acids is 1. The molecule has 126 valence electrons. The Morgan fingerprint density at radius 3 is 2.75 bits per heavy atom. The fourth-order valence-electron chi connectivity index (χ4n) is 2.63. The molecular formula is C17H19N3O4. The number of rotatable bonds is 6. The summed E-state index contributed by atoms with van der Waals surface area (Å²) in [7, 11) is 1.60. The van der Waals surface area contributed by atoms with Crippen LogP contribution in [0.2, 0.25) is 0 Å². The van der Waals surface area contributed by atoms with Gasteiger partial charge < -0.3 is 14.6 Å². The number of ether oxygens (including phenoxy) is 2. The predicted octanol–water partition coefficient (Wildman–Crippen LogP) is 1.49. The number of hydrogen-bond donors (Lipinski definition) is 2. The van der Waals surface area contributed by atoms with Gasteiger partial charge in [-0.1, -0.05) is 12.1 Å². The van der Waals surface area contributed by atoms with Crippen molar-refractivity contribution in [2.45, 2.75) is 18.5 Å². The summed E-state index contributed by atoms with van der Waals surface area (Å²) in [6.45, 7) is 0.979. The first-order valence-corrected chi connectivity index (χ1v) is 7.65. The molecule has 2 N–H and O–H groups in total. The van der Waals surface area contributed by atoms with Crippen LogP contribution < -0.4 is 10.1 Å². The van der Waals surface area contributed by atoms with E-state index in [1.807, 2.05) is 24.3 Å². The van der Waals surface area contributed by atoms with Crippen molar-refractivity contribution in [2.75, 3.05) is 20.3 Å². The van der Waals surface area contributed by atoms with Crippen molar-refractivity contribution in [1.82, 2.24) is 15.3 Å². The third kappa shape index (κ3) is 3.22. The minimum Gasteiger partial charge on any atom is -0.496 e. The number of carboxylic acid groups (broad SMARTS) is 1. The lowest BCUT2D eigenvalue weighted by Crippen LogP contribution is -2.52. The van der Waals surface area contributed by atoms with Gasteiger partial charge in [-0.15, -0.1) is 0 Å². The number of para-hydroxylation sites is 1. The normalized spacial score (nSPS) is 20.0. The van der Waals surface area contributed by atoms with Crippen molar-refractivity contribution in [1.29, 1.82) is 0 Å². The van der Waals surface area contributed by atoms with E-state index >= 15 is 0 Å². The maximum absolute atomic E-state index is 11.5. The van der Waals surface area contributed by atoms with Crippen molar-refractivity contribution in [3.05, 3.63) is 42.2 Å². The van der Waals surface area contributed by atoms with Gasteiger partial charge in [0.25, 0.3) is 0 Å². The Morgan fingerprint density at radius 2 is 2.12 bits per heavy atom. The Bertz CT molecular complexity index is 712. The molecule has 0 spiro atoms. The average Bonchev–Trinajstić information content (AvgIpc) is 3.11. The van der Waals surface area contributed by atoms with Gasteiger partial charge in [-0.3, -0.25) is 10.1 Å². The van der Waals surface area contributed by atoms with E-state index in [1.165, 1.54) is 0 Å². The molecular weight excluding hydrogens is 310 g/mol. The molecule has 1 unspecified atom stereocenters. The molecule has 0 aliphatic carbocycles. The second-order valence-corrected chi connectivity index (χ2v) is 5.66. The maximum Gasteiger partial charge on any atom is 0.326 e. The van der Waals surface area contributed by atoms with Gasteiger partial charge in [-0.2, -0.15) is 0 Å². The number of methoxy groups -OCH3 is 1. The molecule has 7 heteroatoms. The Morgan fingerprint density at radius 1 is 1.38 bits per heavy atom. The molecule has 1 aliphatic rings. The van der Waals surface area contributed by atoms with Crippen LogP contribution in [0.3, 0.4) is 0 Å². The van der Waals surface area contributed by atoms with E-state index in [1.54, 1.807) is 19.5 Å². The van der Waals surface area contributed by atoms with Crippen molar-refractivity contribution in [2.24, 2.45) is 0 Å². The summed E-state index contributed by atoms with van der Waals surface area (Å²) < 4.78 is 10.5. The summed E-state index contributed by atoms with van der Waals surface area (Å²) in [6, 6.07) is 7.52. The van der Waals surface area contributed by atoms with Gasteiger partial charge in [0.05, 0.1) is 19.3 Å². The van der Waals surface area contributed by atoms with Crippen LogP contribution in [0.4, 0.5) is 0 Å². The van der Waals surface area contributed by atoms with E-state index in [2.05, 4.69) is 15.3 Å². The number of carboxylic acids is 1. The summed E-state index contributed by atoms with van der Waals surface area (Å²) in [5, 5.41) is 12.5. The summed E-state index contributed by atoms with van der Waals surface area (Å²) in [4.78, 5) is 20.2. The molecule has 3 rings (SSSR count). The van der Waals surface area contributed by atoms with Gasteiger partial charge in [-0.25, -0.2) is 9.97 Å². The molecule has 24 heavy (non-hydrogen) atoms. The summed E-state index contributed by atoms with van der Waals surface area (Å²) >= 11 is 0. The summed E-state index contributed by atoms with van der Waals surface area (Å²) in [5.41, 5.74) is 0.591. The van der Waals surface area contributed by atoms with Crippen LogP contribution in [-0.4, -0.2) is 46.9 Å². The van der Waals surface area contributed by atoms with Crippen LogP contribution in [0.15, 0.2) is 36.7 Å². The second-order valence-electron chi connectivity index (χ2n) is 5.66. The highest BCUT2D eigenvalue weighted by Gasteiger charge is 2.42. The van der Waals surface area contributed by atoms with E-state index in [9.17, 15) is 9.90 Å². The van der Waals surface area contributed by atoms with Gasteiger partial charge in [0, 0.05) is 37.5 Å². The fourth-order valence-corrected chi connectivity index (χ4v) is 2.63. The first-order chi connectivity index (χ1) is 11.6. The predicted molar refractivity (Wildman–Crippen MR) is 86.7 cm³/mol. The van der Waals surface area contributed by atoms with E-state index in [-0.39, 0.29) is 6.61 Å². The molecule has 7 nitrogen and oxygen atoms in total. The maximum atomic E-state index is 11.5. The van der Waals surface area contributed by atoms with Crippen molar-refractivity contribution in [3.63, 3.8) is 0 Å². The third-order valence-electron chi connectivity index (χ3n) is 4.12. The molecule has 1 aromatic carbocycles. The van der Waals surface area contributed by atoms with E-state index in [0.29, 0.717) is 31.1 Å². The van der Waals surface area contributed by atoms with Gasteiger partial charge >= 0.3 is 5.97 Å². The van der Waals surface area contributed by atoms with Gasteiger partial charge in [-0.05, 0) is 12.1 Å². The molecule has 1 atom stereocenters. The largest absolute Gasteiger partial charge is 0.496 e. The Kier molecular flexibility index (Phi) is 4.73. The van der Waals surface area contributed by atoms with Crippen LogP contribution in [0.1, 0.15) is 12.0 Å². The summed E-state index contributed by atoms with van der Waals surface area (Å²) in [6.07, 6.45) is 3.82. The van der Waals surface area contributed by atoms with Crippen molar-refractivity contribution in [3.8, 4) is 17.1 Å². The highest BCUT2D eigenvalue weighted by Crippen LogP contribution is 2.26. The monoisotopic (exact) mass is 329 g/mol. The molecule has 0 bridgehead atoms. The lowest BCUT2D eigenvalue weighted by molar-refractivity contribution is -0.145. The Balaban J connectivity index is 1.72. The number of hydrogen-bond acceptors (Lipinski definition) is 6. The number of carbonyl (C=O) groups is 1. The van der Waals surface area contributed by atoms with Crippen molar-refractivity contribution >= 4 is 5.97 Å². The highest BCUT2D eigenvalue weighted by molar-refractivity contribution is 5.79. The van der Waals surface area contributed by atoms with E-state index < -0.39 is 11.5 Å². The molecule has 1 aromatic heterocycles. The van der Waals surface area contributed by atoms with Crippen LogP contribution in [-0.2, 0) is 16.1 Å². The first kappa shape index (κ1) is 16.4. The van der Waals surface area contributed by atoms with Crippen molar-refractivity contribution < 1.29 is 19.4 Å². The molecule has 0 saturated carbocycles. The van der Waals surface area contributed by atoms with Crippen LogP contribution in [0, 0.1) is 0 Å². The van der Waals surface area contributed by atoms with Gasteiger partial charge in [0.1, 0.15) is 11.3 Å². The Labute approximate surface area is 139 Å². The standard InChI is InChI=1S/C17H19N3O4/c1-23-14-5-3-2-4-13(14)15-18-8-12(9-19-15)10-20-17(16(21)22)6-7-24-11-17/h2-5,8-9,20H,6-7,10-11H2,1H3,(H,21,22). The van der Waals surface area contributed by atoms with Gasteiger partial charge in [0.2, 0.25) is 0 Å². The van der Waals surface area contributed by atoms with Crippen LogP contribution >= 0.6 is 0 Å². The number of aromatic nitrogens is 2. The second kappa shape index (κ2) is 6.94. The van der Waals surface area contributed by atoms with E-state index in [4.69, 9.17) is 9.47 Å². The molecule has 0 amide bonds. The highest BCUT2D eigenvalue weighted by atomic mass is 16.5. The lowest BCUT2D eigenvalue weighted by Gasteiger charge is -2.23. The molecule has 2 heterocycles. The minimum absolute atomic E-state index is 0.169. The average molecular weight is 329 g/mol. The topological polar surface area (TPSA) is 93.6 Å². The minimum atomic E-state index is -1.03.